The zero-order chi connectivity index (χ0) is 9.26. The average Bonchev–Trinajstić information content (AvgIpc) is 2.87. The largest absolute Gasteiger partial charge is 0.328 e. The zero-order valence-electron chi connectivity index (χ0n) is 7.90. The van der Waals surface area contributed by atoms with Gasteiger partial charge in [0.25, 0.3) is 0 Å². The first kappa shape index (κ1) is 8.63. The first-order valence-electron chi connectivity index (χ1n) is 4.82. The minimum atomic E-state index is 0.190. The van der Waals surface area contributed by atoms with E-state index >= 15 is 0 Å². The summed E-state index contributed by atoms with van der Waals surface area (Å²) in [6.07, 6.45) is 7.19. The lowest BCUT2D eigenvalue weighted by Gasteiger charge is -2.04. The van der Waals surface area contributed by atoms with E-state index in [4.69, 9.17) is 5.73 Å². The maximum absolute atomic E-state index is 5.68. The van der Waals surface area contributed by atoms with Gasteiger partial charge in [0.15, 0.2) is 0 Å². The van der Waals surface area contributed by atoms with Crippen LogP contribution in [0, 0.1) is 0 Å². The molecule has 0 bridgehead atoms. The monoisotopic (exact) mass is 177 g/mol. The number of aromatic nitrogens is 2. The van der Waals surface area contributed by atoms with Gasteiger partial charge < -0.3 is 5.73 Å². The molecule has 1 aliphatic rings. The van der Waals surface area contributed by atoms with Crippen molar-refractivity contribution in [2.24, 2.45) is 5.73 Å². The van der Waals surface area contributed by atoms with Crippen molar-refractivity contribution in [2.75, 3.05) is 0 Å². The number of hydrogen-bond acceptors (Lipinski definition) is 3. The zero-order valence-corrected chi connectivity index (χ0v) is 7.90. The van der Waals surface area contributed by atoms with Crippen LogP contribution in [0.15, 0.2) is 12.4 Å². The van der Waals surface area contributed by atoms with Gasteiger partial charge in [-0.3, -0.25) is 0 Å². The highest BCUT2D eigenvalue weighted by Gasteiger charge is 2.25. The SMILES string of the molecule is CC(N)Cc1cnc(C2CC2)nc1. The van der Waals surface area contributed by atoms with Crippen LogP contribution < -0.4 is 5.73 Å². The van der Waals surface area contributed by atoms with Crippen LogP contribution in [0.1, 0.15) is 37.1 Å². The van der Waals surface area contributed by atoms with Gasteiger partial charge in [-0.05, 0) is 31.7 Å². The van der Waals surface area contributed by atoms with Crippen molar-refractivity contribution >= 4 is 0 Å². The second kappa shape index (κ2) is 3.42. The van der Waals surface area contributed by atoms with Crippen molar-refractivity contribution in [1.82, 2.24) is 9.97 Å². The second-order valence-corrected chi connectivity index (χ2v) is 3.91. The van der Waals surface area contributed by atoms with E-state index in [0.29, 0.717) is 5.92 Å². The third kappa shape index (κ3) is 2.25. The van der Waals surface area contributed by atoms with E-state index in [0.717, 1.165) is 17.8 Å². The number of nitrogens with two attached hydrogens (primary N) is 1. The third-order valence-electron chi connectivity index (χ3n) is 2.23. The quantitative estimate of drug-likeness (QED) is 0.755. The van der Waals surface area contributed by atoms with Gasteiger partial charge in [0, 0.05) is 24.4 Å². The molecule has 3 heteroatoms. The van der Waals surface area contributed by atoms with Crippen molar-refractivity contribution in [2.45, 2.75) is 38.1 Å². The van der Waals surface area contributed by atoms with E-state index in [1.807, 2.05) is 19.3 Å². The molecule has 13 heavy (non-hydrogen) atoms. The normalized spacial score (nSPS) is 18.6. The molecule has 1 aliphatic carbocycles. The van der Waals surface area contributed by atoms with Crippen LogP contribution in [-0.2, 0) is 6.42 Å². The van der Waals surface area contributed by atoms with Crippen molar-refractivity contribution in [3.63, 3.8) is 0 Å². The van der Waals surface area contributed by atoms with Gasteiger partial charge in [0.05, 0.1) is 0 Å². The molecule has 0 aliphatic heterocycles. The summed E-state index contributed by atoms with van der Waals surface area (Å²) in [5.41, 5.74) is 6.82. The highest BCUT2D eigenvalue weighted by atomic mass is 14.9. The van der Waals surface area contributed by atoms with Crippen LogP contribution >= 0.6 is 0 Å². The number of rotatable bonds is 3. The summed E-state index contributed by atoms with van der Waals surface area (Å²) in [6, 6.07) is 0.190. The fraction of sp³-hybridized carbons (Fsp3) is 0.600. The van der Waals surface area contributed by atoms with Crippen LogP contribution in [0.4, 0.5) is 0 Å². The molecule has 1 fully saturated rings. The van der Waals surface area contributed by atoms with E-state index in [2.05, 4.69) is 9.97 Å². The van der Waals surface area contributed by atoms with Crippen LogP contribution in [0.25, 0.3) is 0 Å². The first-order valence-corrected chi connectivity index (χ1v) is 4.82. The third-order valence-corrected chi connectivity index (χ3v) is 2.23. The second-order valence-electron chi connectivity index (χ2n) is 3.91. The summed E-state index contributed by atoms with van der Waals surface area (Å²) < 4.78 is 0. The summed E-state index contributed by atoms with van der Waals surface area (Å²) >= 11 is 0. The maximum Gasteiger partial charge on any atom is 0.131 e. The predicted molar refractivity (Wildman–Crippen MR) is 51.4 cm³/mol. The van der Waals surface area contributed by atoms with Gasteiger partial charge in [-0.1, -0.05) is 0 Å². The lowest BCUT2D eigenvalue weighted by Crippen LogP contribution is -2.18. The van der Waals surface area contributed by atoms with E-state index in [-0.39, 0.29) is 6.04 Å². The van der Waals surface area contributed by atoms with Gasteiger partial charge in [-0.15, -0.1) is 0 Å². The molecule has 0 aromatic carbocycles. The van der Waals surface area contributed by atoms with E-state index < -0.39 is 0 Å². The van der Waals surface area contributed by atoms with Crippen molar-refractivity contribution in [3.05, 3.63) is 23.8 Å². The molecule has 2 rings (SSSR count). The molecular weight excluding hydrogens is 162 g/mol. The number of nitrogens with zero attached hydrogens (tertiary/aromatic N) is 2. The van der Waals surface area contributed by atoms with Crippen LogP contribution in [-0.4, -0.2) is 16.0 Å². The summed E-state index contributed by atoms with van der Waals surface area (Å²) in [7, 11) is 0. The Morgan fingerprint density at radius 1 is 1.46 bits per heavy atom. The average molecular weight is 177 g/mol. The van der Waals surface area contributed by atoms with Gasteiger partial charge in [-0.2, -0.15) is 0 Å². The minimum absolute atomic E-state index is 0.190. The predicted octanol–water partition coefficient (Wildman–Crippen LogP) is 1.24. The Morgan fingerprint density at radius 2 is 2.08 bits per heavy atom. The Morgan fingerprint density at radius 3 is 2.54 bits per heavy atom. The van der Waals surface area contributed by atoms with E-state index in [1.54, 1.807) is 0 Å². The van der Waals surface area contributed by atoms with E-state index in [1.165, 1.54) is 12.8 Å². The Kier molecular flexibility index (Phi) is 2.27. The fourth-order valence-electron chi connectivity index (χ4n) is 1.39. The Bertz CT molecular complexity index is 275. The maximum atomic E-state index is 5.68. The molecule has 0 spiro atoms. The summed E-state index contributed by atoms with van der Waals surface area (Å²) in [6.45, 7) is 1.99. The molecule has 1 heterocycles. The standard InChI is InChI=1S/C10H15N3/c1-7(11)4-8-5-12-10(13-6-8)9-2-3-9/h5-7,9H,2-4,11H2,1H3. The summed E-state index contributed by atoms with van der Waals surface area (Å²) in [4.78, 5) is 8.65. The number of hydrogen-bond donors (Lipinski definition) is 1. The molecule has 70 valence electrons. The lowest BCUT2D eigenvalue weighted by atomic mass is 10.1. The smallest absolute Gasteiger partial charge is 0.131 e. The molecule has 1 unspecified atom stereocenters. The molecule has 1 saturated carbocycles. The Labute approximate surface area is 78.4 Å². The van der Waals surface area contributed by atoms with Crippen LogP contribution in [0.2, 0.25) is 0 Å². The molecule has 3 nitrogen and oxygen atoms in total. The molecule has 1 aromatic heterocycles. The molecule has 1 atom stereocenters. The van der Waals surface area contributed by atoms with E-state index in [9.17, 15) is 0 Å². The molecule has 1 aromatic rings. The summed E-state index contributed by atoms with van der Waals surface area (Å²) in [5.74, 6) is 1.65. The van der Waals surface area contributed by atoms with Crippen molar-refractivity contribution in [1.29, 1.82) is 0 Å². The van der Waals surface area contributed by atoms with Gasteiger partial charge in [0.2, 0.25) is 0 Å². The first-order chi connectivity index (χ1) is 6.25. The molecular formula is C10H15N3. The topological polar surface area (TPSA) is 51.8 Å². The Balaban J connectivity index is 2.04. The van der Waals surface area contributed by atoms with Gasteiger partial charge in [0.1, 0.15) is 5.82 Å². The van der Waals surface area contributed by atoms with Crippen LogP contribution in [0.5, 0.6) is 0 Å². The summed E-state index contributed by atoms with van der Waals surface area (Å²) in [5, 5.41) is 0. The lowest BCUT2D eigenvalue weighted by molar-refractivity contribution is 0.728. The highest BCUT2D eigenvalue weighted by Crippen LogP contribution is 2.37. The van der Waals surface area contributed by atoms with Gasteiger partial charge >= 0.3 is 0 Å². The van der Waals surface area contributed by atoms with Crippen molar-refractivity contribution < 1.29 is 0 Å². The minimum Gasteiger partial charge on any atom is -0.328 e. The fourth-order valence-corrected chi connectivity index (χ4v) is 1.39. The van der Waals surface area contributed by atoms with Crippen LogP contribution in [0.3, 0.4) is 0 Å². The molecule has 0 saturated heterocycles. The van der Waals surface area contributed by atoms with Crippen molar-refractivity contribution in [3.8, 4) is 0 Å². The highest BCUT2D eigenvalue weighted by molar-refractivity contribution is 5.11. The Hall–Kier alpha value is -0.960. The molecule has 0 radical (unpaired) electrons. The molecule has 0 amide bonds. The molecule has 2 N–H and O–H groups in total. The van der Waals surface area contributed by atoms with Gasteiger partial charge in [-0.25, -0.2) is 9.97 Å².